The zero-order chi connectivity index (χ0) is 19.8. The van der Waals surface area contributed by atoms with Gasteiger partial charge in [-0.25, -0.2) is 9.78 Å². The van der Waals surface area contributed by atoms with Crippen molar-refractivity contribution in [1.82, 2.24) is 15.0 Å². The van der Waals surface area contributed by atoms with E-state index in [0.29, 0.717) is 33.8 Å². The molecule has 2 aromatic heterocycles. The van der Waals surface area contributed by atoms with Crippen molar-refractivity contribution in [2.45, 2.75) is 31.8 Å². The van der Waals surface area contributed by atoms with Crippen LogP contribution in [0.2, 0.25) is 0 Å². The normalized spacial score (nSPS) is 14.7. The predicted molar refractivity (Wildman–Crippen MR) is 102 cm³/mol. The molecule has 1 aliphatic carbocycles. The molecule has 3 aromatic rings. The van der Waals surface area contributed by atoms with E-state index in [1.807, 2.05) is 6.07 Å². The molecule has 144 valence electrons. The van der Waals surface area contributed by atoms with Gasteiger partial charge in [0.25, 0.3) is 11.6 Å². The third-order valence-electron chi connectivity index (χ3n) is 4.84. The van der Waals surface area contributed by atoms with Crippen LogP contribution >= 0.6 is 0 Å². The Labute approximate surface area is 162 Å². The second kappa shape index (κ2) is 7.07. The van der Waals surface area contributed by atoms with Crippen LogP contribution in [0.1, 0.15) is 52.2 Å². The Morgan fingerprint density at radius 2 is 1.93 bits per heavy atom. The summed E-state index contributed by atoms with van der Waals surface area (Å²) in [5, 5.41) is 4.47. The molecule has 0 saturated heterocycles. The molecule has 0 bridgehead atoms. The summed E-state index contributed by atoms with van der Waals surface area (Å²) in [6.07, 6.45) is 1.04. The molecule has 0 radical (unpaired) electrons. The number of nitrogens with zero attached hydrogens (tertiary/aromatic N) is 3. The minimum atomic E-state index is -1.03. The van der Waals surface area contributed by atoms with Gasteiger partial charge in [0, 0.05) is 31.3 Å². The van der Waals surface area contributed by atoms with Gasteiger partial charge in [0.05, 0.1) is 16.6 Å². The van der Waals surface area contributed by atoms with Crippen molar-refractivity contribution in [2.24, 2.45) is 0 Å². The Balaban J connectivity index is 1.73. The maximum atomic E-state index is 13.1. The van der Waals surface area contributed by atoms with Gasteiger partial charge in [-0.2, -0.15) is 0 Å². The molecule has 0 N–H and O–H groups in total. The monoisotopic (exact) mass is 379 g/mol. The quantitative estimate of drug-likeness (QED) is 0.632. The lowest BCUT2D eigenvalue weighted by atomic mass is 10.1. The van der Waals surface area contributed by atoms with Crippen LogP contribution in [-0.2, 0) is 9.53 Å². The van der Waals surface area contributed by atoms with Crippen LogP contribution in [0.3, 0.4) is 0 Å². The van der Waals surface area contributed by atoms with Crippen molar-refractivity contribution in [2.75, 3.05) is 14.1 Å². The zero-order valence-electron chi connectivity index (χ0n) is 16.0. The number of aromatic nitrogens is 2. The van der Waals surface area contributed by atoms with Gasteiger partial charge in [0.1, 0.15) is 0 Å². The lowest BCUT2D eigenvalue weighted by molar-refractivity contribution is -0.138. The van der Waals surface area contributed by atoms with Crippen molar-refractivity contribution in [1.29, 1.82) is 0 Å². The molecular weight excluding hydrogens is 358 g/mol. The van der Waals surface area contributed by atoms with Crippen LogP contribution in [0.15, 0.2) is 40.9 Å². The highest BCUT2D eigenvalue weighted by Gasteiger charge is 2.31. The molecule has 1 atom stereocenters. The van der Waals surface area contributed by atoms with Crippen molar-refractivity contribution >= 4 is 23.0 Å². The Morgan fingerprint density at radius 3 is 2.57 bits per heavy atom. The smallest absolute Gasteiger partial charge is 0.340 e. The fourth-order valence-corrected chi connectivity index (χ4v) is 3.16. The largest absolute Gasteiger partial charge is 0.444 e. The second-order valence-corrected chi connectivity index (χ2v) is 7.25. The van der Waals surface area contributed by atoms with E-state index < -0.39 is 12.1 Å². The zero-order valence-corrected chi connectivity index (χ0v) is 16.0. The van der Waals surface area contributed by atoms with E-state index in [-0.39, 0.29) is 5.91 Å². The topological polar surface area (TPSA) is 85.5 Å². The molecule has 0 aliphatic heterocycles. The summed E-state index contributed by atoms with van der Waals surface area (Å²) in [5.74, 6) is -0.575. The van der Waals surface area contributed by atoms with Gasteiger partial charge in [-0.05, 0) is 25.8 Å². The standard InChI is InChI=1S/C21H21N3O4/c1-12-17-15(11-16(13-9-10-13)22-19(17)28-23-12)21(26)27-18(20(25)24(2)3)14-7-5-4-6-8-14/h4-8,11,13,18H,9-10H2,1-3H3/t18-/m1/s1. The summed E-state index contributed by atoms with van der Waals surface area (Å²) < 4.78 is 11.0. The number of carbonyl (C=O) groups excluding carboxylic acids is 2. The summed E-state index contributed by atoms with van der Waals surface area (Å²) in [5.41, 5.74) is 2.63. The number of rotatable bonds is 5. The molecule has 1 aromatic carbocycles. The van der Waals surface area contributed by atoms with Gasteiger partial charge >= 0.3 is 5.97 Å². The summed E-state index contributed by atoms with van der Waals surface area (Å²) in [6, 6.07) is 10.7. The van der Waals surface area contributed by atoms with Crippen LogP contribution < -0.4 is 0 Å². The maximum Gasteiger partial charge on any atom is 0.340 e. The number of amides is 1. The molecule has 2 heterocycles. The van der Waals surface area contributed by atoms with Gasteiger partial charge in [-0.15, -0.1) is 0 Å². The average molecular weight is 379 g/mol. The lowest BCUT2D eigenvalue weighted by Crippen LogP contribution is -2.31. The van der Waals surface area contributed by atoms with Crippen molar-refractivity contribution in [3.63, 3.8) is 0 Å². The number of esters is 1. The Bertz CT molecular complexity index is 1040. The molecule has 28 heavy (non-hydrogen) atoms. The molecular formula is C21H21N3O4. The first-order valence-corrected chi connectivity index (χ1v) is 9.19. The SMILES string of the molecule is Cc1noc2nc(C3CC3)cc(C(=O)O[C@@H](C(=O)N(C)C)c3ccccc3)c12. The minimum absolute atomic E-state index is 0.311. The van der Waals surface area contributed by atoms with E-state index in [1.165, 1.54) is 4.90 Å². The molecule has 1 fully saturated rings. The number of hydrogen-bond acceptors (Lipinski definition) is 6. The number of carbonyl (C=O) groups is 2. The molecule has 1 amide bonds. The second-order valence-electron chi connectivity index (χ2n) is 7.25. The summed E-state index contributed by atoms with van der Waals surface area (Å²) in [4.78, 5) is 31.7. The highest BCUT2D eigenvalue weighted by Crippen LogP contribution is 2.40. The van der Waals surface area contributed by atoms with Gasteiger partial charge in [0.15, 0.2) is 0 Å². The summed E-state index contributed by atoms with van der Waals surface area (Å²) >= 11 is 0. The van der Waals surface area contributed by atoms with Crippen LogP contribution in [0.5, 0.6) is 0 Å². The van der Waals surface area contributed by atoms with Gasteiger partial charge in [0.2, 0.25) is 6.10 Å². The number of hydrogen-bond donors (Lipinski definition) is 0. The van der Waals surface area contributed by atoms with E-state index in [2.05, 4.69) is 10.1 Å². The Kier molecular flexibility index (Phi) is 4.58. The van der Waals surface area contributed by atoms with Gasteiger partial charge in [-0.3, -0.25) is 4.79 Å². The fraction of sp³-hybridized carbons (Fsp3) is 0.333. The van der Waals surface area contributed by atoms with Crippen LogP contribution in [-0.4, -0.2) is 41.0 Å². The molecule has 4 rings (SSSR count). The third-order valence-corrected chi connectivity index (χ3v) is 4.84. The first-order valence-electron chi connectivity index (χ1n) is 9.19. The minimum Gasteiger partial charge on any atom is -0.444 e. The molecule has 7 heteroatoms. The Morgan fingerprint density at radius 1 is 1.21 bits per heavy atom. The predicted octanol–water partition coefficient (Wildman–Crippen LogP) is 3.39. The molecule has 1 aliphatic rings. The van der Waals surface area contributed by atoms with E-state index in [0.717, 1.165) is 18.5 Å². The van der Waals surface area contributed by atoms with E-state index in [4.69, 9.17) is 9.26 Å². The first-order chi connectivity index (χ1) is 13.5. The number of ether oxygens (including phenoxy) is 1. The number of likely N-dealkylation sites (N-methyl/N-ethyl adjacent to an activating group) is 1. The first kappa shape index (κ1) is 18.2. The number of pyridine rings is 1. The van der Waals surface area contributed by atoms with E-state index in [9.17, 15) is 9.59 Å². The average Bonchev–Trinajstić information content (AvgIpc) is 3.49. The van der Waals surface area contributed by atoms with E-state index >= 15 is 0 Å². The van der Waals surface area contributed by atoms with Crippen LogP contribution in [0, 0.1) is 6.92 Å². The molecule has 7 nitrogen and oxygen atoms in total. The van der Waals surface area contributed by atoms with Crippen LogP contribution in [0.4, 0.5) is 0 Å². The third kappa shape index (κ3) is 3.35. The van der Waals surface area contributed by atoms with E-state index in [1.54, 1.807) is 51.4 Å². The fourth-order valence-electron chi connectivity index (χ4n) is 3.16. The lowest BCUT2D eigenvalue weighted by Gasteiger charge is -2.21. The molecule has 0 spiro atoms. The van der Waals surface area contributed by atoms with Crippen LogP contribution in [0.25, 0.3) is 11.1 Å². The highest BCUT2D eigenvalue weighted by atomic mass is 16.5. The maximum absolute atomic E-state index is 13.1. The summed E-state index contributed by atoms with van der Waals surface area (Å²) in [6.45, 7) is 1.75. The number of benzene rings is 1. The van der Waals surface area contributed by atoms with Crippen molar-refractivity contribution in [3.8, 4) is 0 Å². The van der Waals surface area contributed by atoms with Crippen molar-refractivity contribution < 1.29 is 18.8 Å². The summed E-state index contributed by atoms with van der Waals surface area (Å²) in [7, 11) is 3.26. The number of fused-ring (bicyclic) bond motifs is 1. The number of aryl methyl sites for hydroxylation is 1. The van der Waals surface area contributed by atoms with Crippen molar-refractivity contribution in [3.05, 3.63) is 58.9 Å². The van der Waals surface area contributed by atoms with Gasteiger partial charge < -0.3 is 14.2 Å². The van der Waals surface area contributed by atoms with Gasteiger partial charge in [-0.1, -0.05) is 35.5 Å². The Hall–Kier alpha value is -3.22. The highest BCUT2D eigenvalue weighted by molar-refractivity contribution is 6.04. The molecule has 1 saturated carbocycles. The molecule has 0 unspecified atom stereocenters.